The summed E-state index contributed by atoms with van der Waals surface area (Å²) in [6.07, 6.45) is 1.57. The van der Waals surface area contributed by atoms with Crippen LogP contribution in [0.25, 0.3) is 0 Å². The second-order valence-corrected chi connectivity index (χ2v) is 6.48. The van der Waals surface area contributed by atoms with Crippen molar-refractivity contribution in [2.75, 3.05) is 6.61 Å². The van der Waals surface area contributed by atoms with Crippen LogP contribution in [0, 0.1) is 5.41 Å². The molecule has 0 bridgehead atoms. The lowest BCUT2D eigenvalue weighted by Crippen LogP contribution is -2.62. The van der Waals surface area contributed by atoms with E-state index in [2.05, 4.69) is 31.8 Å². The SMILES string of the molecule is CCOC1CC(NC(=O)Cc2ccc(S)cc2)C1(C)C. The molecule has 1 fully saturated rings. The molecule has 1 aliphatic carbocycles. The average molecular weight is 293 g/mol. The zero-order valence-electron chi connectivity index (χ0n) is 12.3. The van der Waals surface area contributed by atoms with Crippen LogP contribution in [0.4, 0.5) is 0 Å². The van der Waals surface area contributed by atoms with Crippen molar-refractivity contribution in [2.24, 2.45) is 5.41 Å². The number of hydrogen-bond donors (Lipinski definition) is 2. The second kappa shape index (κ2) is 6.19. The Hall–Kier alpha value is -1.00. The van der Waals surface area contributed by atoms with Crippen LogP contribution in [0.2, 0.25) is 0 Å². The van der Waals surface area contributed by atoms with E-state index < -0.39 is 0 Å². The van der Waals surface area contributed by atoms with Crippen molar-refractivity contribution in [1.82, 2.24) is 5.32 Å². The number of thiol groups is 1. The molecular weight excluding hydrogens is 270 g/mol. The summed E-state index contributed by atoms with van der Waals surface area (Å²) in [6, 6.07) is 7.90. The lowest BCUT2D eigenvalue weighted by atomic mass is 9.64. The van der Waals surface area contributed by atoms with Gasteiger partial charge >= 0.3 is 0 Å². The van der Waals surface area contributed by atoms with Crippen molar-refractivity contribution < 1.29 is 9.53 Å². The number of nitrogens with one attached hydrogen (secondary N) is 1. The van der Waals surface area contributed by atoms with Gasteiger partial charge in [0.15, 0.2) is 0 Å². The summed E-state index contributed by atoms with van der Waals surface area (Å²) < 4.78 is 5.68. The van der Waals surface area contributed by atoms with Gasteiger partial charge in [0, 0.05) is 23.0 Å². The van der Waals surface area contributed by atoms with Crippen molar-refractivity contribution in [2.45, 2.75) is 50.7 Å². The molecule has 1 aromatic carbocycles. The number of hydrogen-bond acceptors (Lipinski definition) is 3. The third-order valence-electron chi connectivity index (χ3n) is 4.18. The number of ether oxygens (including phenoxy) is 1. The van der Waals surface area contributed by atoms with E-state index in [0.29, 0.717) is 6.42 Å². The van der Waals surface area contributed by atoms with Crippen LogP contribution >= 0.6 is 12.6 Å². The predicted octanol–water partition coefficient (Wildman–Crippen LogP) is 2.84. The molecule has 0 aliphatic heterocycles. The number of rotatable bonds is 5. The van der Waals surface area contributed by atoms with Gasteiger partial charge in [-0.1, -0.05) is 26.0 Å². The molecular formula is C16H23NO2S. The lowest BCUT2D eigenvalue weighted by molar-refractivity contribution is -0.136. The quantitative estimate of drug-likeness (QED) is 0.819. The third kappa shape index (κ3) is 3.36. The summed E-state index contributed by atoms with van der Waals surface area (Å²) in [5.74, 6) is 0.0740. The average Bonchev–Trinajstić information content (AvgIpc) is 2.40. The molecule has 2 atom stereocenters. The Balaban J connectivity index is 1.85. The topological polar surface area (TPSA) is 38.3 Å². The van der Waals surface area contributed by atoms with Crippen molar-refractivity contribution in [3.8, 4) is 0 Å². The highest BCUT2D eigenvalue weighted by atomic mass is 32.1. The molecule has 1 saturated carbocycles. The van der Waals surface area contributed by atoms with E-state index >= 15 is 0 Å². The van der Waals surface area contributed by atoms with E-state index in [4.69, 9.17) is 4.74 Å². The molecule has 4 heteroatoms. The molecule has 1 aromatic rings. The monoisotopic (exact) mass is 293 g/mol. The minimum Gasteiger partial charge on any atom is -0.378 e. The molecule has 0 heterocycles. The maximum absolute atomic E-state index is 12.1. The summed E-state index contributed by atoms with van der Waals surface area (Å²) in [5, 5.41) is 3.12. The van der Waals surface area contributed by atoms with Crippen molar-refractivity contribution in [3.05, 3.63) is 29.8 Å². The van der Waals surface area contributed by atoms with Crippen LogP contribution in [0.1, 0.15) is 32.8 Å². The summed E-state index contributed by atoms with van der Waals surface area (Å²) in [5.41, 5.74) is 1.03. The Labute approximate surface area is 126 Å². The largest absolute Gasteiger partial charge is 0.378 e. The highest BCUT2D eigenvalue weighted by Crippen LogP contribution is 2.42. The Morgan fingerprint density at radius 3 is 2.60 bits per heavy atom. The van der Waals surface area contributed by atoms with E-state index in [1.165, 1.54) is 0 Å². The lowest BCUT2D eigenvalue weighted by Gasteiger charge is -2.51. The molecule has 1 amide bonds. The first-order valence-corrected chi connectivity index (χ1v) is 7.57. The van der Waals surface area contributed by atoms with Gasteiger partial charge in [0.05, 0.1) is 12.5 Å². The van der Waals surface area contributed by atoms with Gasteiger partial charge in [-0.3, -0.25) is 4.79 Å². The second-order valence-electron chi connectivity index (χ2n) is 5.96. The number of carbonyl (C=O) groups excluding carboxylic acids is 1. The van der Waals surface area contributed by atoms with Gasteiger partial charge in [0.1, 0.15) is 0 Å². The van der Waals surface area contributed by atoms with Crippen LogP contribution in [0.5, 0.6) is 0 Å². The summed E-state index contributed by atoms with van der Waals surface area (Å²) in [7, 11) is 0. The van der Waals surface area contributed by atoms with Gasteiger partial charge in [-0.2, -0.15) is 0 Å². The Bertz CT molecular complexity index is 470. The van der Waals surface area contributed by atoms with Crippen LogP contribution < -0.4 is 5.32 Å². The molecule has 1 aliphatic rings. The normalized spacial score (nSPS) is 24.0. The Morgan fingerprint density at radius 2 is 2.05 bits per heavy atom. The van der Waals surface area contributed by atoms with Gasteiger partial charge in [-0.15, -0.1) is 12.6 Å². The van der Waals surface area contributed by atoms with Crippen molar-refractivity contribution in [1.29, 1.82) is 0 Å². The van der Waals surface area contributed by atoms with E-state index in [1.54, 1.807) is 0 Å². The number of carbonyl (C=O) groups is 1. The first-order valence-electron chi connectivity index (χ1n) is 7.12. The van der Waals surface area contributed by atoms with E-state index in [-0.39, 0.29) is 23.5 Å². The fraction of sp³-hybridized carbons (Fsp3) is 0.562. The molecule has 110 valence electrons. The highest BCUT2D eigenvalue weighted by molar-refractivity contribution is 7.80. The smallest absolute Gasteiger partial charge is 0.224 e. The van der Waals surface area contributed by atoms with Gasteiger partial charge in [-0.25, -0.2) is 0 Å². The van der Waals surface area contributed by atoms with Gasteiger partial charge in [0.2, 0.25) is 5.91 Å². The molecule has 0 aromatic heterocycles. The zero-order chi connectivity index (χ0) is 14.8. The maximum Gasteiger partial charge on any atom is 0.224 e. The minimum absolute atomic E-state index is 0.0145. The maximum atomic E-state index is 12.1. The first kappa shape index (κ1) is 15.4. The summed E-state index contributed by atoms with van der Waals surface area (Å²) in [6.45, 7) is 7.03. The van der Waals surface area contributed by atoms with Crippen LogP contribution in [-0.4, -0.2) is 24.7 Å². The fourth-order valence-electron chi connectivity index (χ4n) is 2.66. The van der Waals surface area contributed by atoms with Crippen LogP contribution in [0.3, 0.4) is 0 Å². The van der Waals surface area contributed by atoms with Crippen LogP contribution in [-0.2, 0) is 16.0 Å². The summed E-state index contributed by atoms with van der Waals surface area (Å²) in [4.78, 5) is 13.0. The summed E-state index contributed by atoms with van der Waals surface area (Å²) >= 11 is 4.24. The fourth-order valence-corrected chi connectivity index (χ4v) is 2.81. The Morgan fingerprint density at radius 1 is 1.40 bits per heavy atom. The molecule has 2 rings (SSSR count). The molecule has 0 spiro atoms. The van der Waals surface area contributed by atoms with Crippen molar-refractivity contribution in [3.63, 3.8) is 0 Å². The molecule has 0 radical (unpaired) electrons. The third-order valence-corrected chi connectivity index (χ3v) is 4.48. The standard InChI is InChI=1S/C16H23NO2S/c1-4-19-14-10-13(16(14,2)3)17-15(18)9-11-5-7-12(20)8-6-11/h5-8,13-14,20H,4,9-10H2,1-3H3,(H,17,18). The van der Waals surface area contributed by atoms with Gasteiger partial charge < -0.3 is 10.1 Å². The number of benzene rings is 1. The van der Waals surface area contributed by atoms with Crippen LogP contribution in [0.15, 0.2) is 29.2 Å². The van der Waals surface area contributed by atoms with Crippen molar-refractivity contribution >= 4 is 18.5 Å². The molecule has 0 saturated heterocycles. The van der Waals surface area contributed by atoms with E-state index in [9.17, 15) is 4.79 Å². The molecule has 3 nitrogen and oxygen atoms in total. The minimum atomic E-state index is 0.0145. The van der Waals surface area contributed by atoms with Gasteiger partial charge in [0.25, 0.3) is 0 Å². The number of amides is 1. The molecule has 1 N–H and O–H groups in total. The van der Waals surface area contributed by atoms with E-state index in [0.717, 1.165) is 23.5 Å². The van der Waals surface area contributed by atoms with Gasteiger partial charge in [-0.05, 0) is 31.0 Å². The Kier molecular flexibility index (Phi) is 4.76. The first-order chi connectivity index (χ1) is 9.43. The molecule has 20 heavy (non-hydrogen) atoms. The predicted molar refractivity (Wildman–Crippen MR) is 83.1 cm³/mol. The van der Waals surface area contributed by atoms with E-state index in [1.807, 2.05) is 31.2 Å². The zero-order valence-corrected chi connectivity index (χ0v) is 13.2. The molecule has 2 unspecified atom stereocenters. The highest BCUT2D eigenvalue weighted by Gasteiger charge is 2.49.